The van der Waals surface area contributed by atoms with Crippen molar-refractivity contribution < 1.29 is 4.58 Å². The van der Waals surface area contributed by atoms with Crippen LogP contribution in [0.15, 0.2) is 175 Å². The second-order valence-electron chi connectivity index (χ2n) is 12.2. The number of fused-ring (bicyclic) bond motifs is 6. The van der Waals surface area contributed by atoms with Crippen molar-refractivity contribution in [2.45, 2.75) is 0 Å². The molecule has 0 radical (unpaired) electrons. The van der Waals surface area contributed by atoms with Crippen LogP contribution in [-0.2, 0) is 0 Å². The standard InChI is InChI=1S/C44H28N3S/c1-3-12-29(13-4-1)43-45-44(30-14-5-2-6-15-30)47(43)33-25-23-32(24-26-33)46-39-20-9-7-16-35(39)36-27-22-31(28-40(36)46)34-18-11-19-38-37-17-8-10-21-41(37)48-42(34)38/h1-28H/q+1. The average Bonchev–Trinajstić information content (AvgIpc) is 3.68. The van der Waals surface area contributed by atoms with Gasteiger partial charge >= 0.3 is 0 Å². The molecule has 0 amide bonds. The lowest BCUT2D eigenvalue weighted by molar-refractivity contribution is -0.319. The van der Waals surface area contributed by atoms with Gasteiger partial charge in [0.15, 0.2) is 0 Å². The minimum Gasteiger partial charge on any atom is -0.309 e. The zero-order chi connectivity index (χ0) is 31.6. The molecule has 7 aromatic carbocycles. The third-order valence-electron chi connectivity index (χ3n) is 9.45. The molecule has 224 valence electrons. The summed E-state index contributed by atoms with van der Waals surface area (Å²) >= 11 is 1.88. The fraction of sp³-hybridized carbons (Fsp3) is 0. The van der Waals surface area contributed by atoms with E-state index in [1.165, 1.54) is 53.1 Å². The minimum absolute atomic E-state index is 0.958. The van der Waals surface area contributed by atoms with Crippen LogP contribution in [-0.4, -0.2) is 20.8 Å². The SMILES string of the molecule is c1ccc(C2=NC(c3ccccc3)=[N+]2c2ccc(-n3c4ccccc4c4ccc(-c5cccc6c5sc5ccccc56)cc43)cc2)cc1. The van der Waals surface area contributed by atoms with Crippen molar-refractivity contribution in [3.63, 3.8) is 0 Å². The summed E-state index contributed by atoms with van der Waals surface area (Å²) in [7, 11) is 0. The molecule has 0 unspecified atom stereocenters. The number of nitrogens with zero attached hydrogens (tertiary/aromatic N) is 3. The first-order chi connectivity index (χ1) is 23.8. The fourth-order valence-electron chi connectivity index (χ4n) is 7.20. The van der Waals surface area contributed by atoms with Gasteiger partial charge in [-0.2, -0.15) is 4.58 Å². The average molecular weight is 631 g/mol. The van der Waals surface area contributed by atoms with Gasteiger partial charge in [-0.25, -0.2) is 0 Å². The van der Waals surface area contributed by atoms with Gasteiger partial charge in [0.1, 0.15) is 5.69 Å². The summed E-state index contributed by atoms with van der Waals surface area (Å²) in [6.07, 6.45) is 0. The molecular weight excluding hydrogens is 603 g/mol. The van der Waals surface area contributed by atoms with E-state index in [9.17, 15) is 0 Å². The molecule has 1 aliphatic heterocycles. The van der Waals surface area contributed by atoms with Crippen molar-refractivity contribution in [2.24, 2.45) is 4.99 Å². The van der Waals surface area contributed by atoms with Crippen molar-refractivity contribution in [1.29, 1.82) is 0 Å². The number of thiophene rings is 1. The normalized spacial score (nSPS) is 13.0. The Labute approximate surface area is 281 Å². The molecule has 0 N–H and O–H groups in total. The molecule has 0 saturated carbocycles. The highest BCUT2D eigenvalue weighted by molar-refractivity contribution is 7.26. The summed E-state index contributed by atoms with van der Waals surface area (Å²) in [6, 6.07) is 60.9. The van der Waals surface area contributed by atoms with Gasteiger partial charge in [0, 0.05) is 36.6 Å². The highest BCUT2D eigenvalue weighted by Crippen LogP contribution is 2.42. The zero-order valence-corrected chi connectivity index (χ0v) is 26.7. The predicted octanol–water partition coefficient (Wildman–Crippen LogP) is 11.4. The summed E-state index contributed by atoms with van der Waals surface area (Å²) < 4.78 is 7.34. The minimum atomic E-state index is 0.958. The maximum absolute atomic E-state index is 5.00. The Kier molecular flexibility index (Phi) is 6.05. The lowest BCUT2D eigenvalue weighted by Crippen LogP contribution is -2.34. The Morgan fingerprint density at radius 2 is 1.15 bits per heavy atom. The molecule has 48 heavy (non-hydrogen) atoms. The summed E-state index contributed by atoms with van der Waals surface area (Å²) in [5, 5.41) is 5.15. The number of para-hydroxylation sites is 1. The van der Waals surface area contributed by atoms with Crippen LogP contribution in [0.1, 0.15) is 11.1 Å². The van der Waals surface area contributed by atoms with Crippen molar-refractivity contribution in [1.82, 2.24) is 4.57 Å². The number of benzene rings is 7. The van der Waals surface area contributed by atoms with Crippen LogP contribution in [0.4, 0.5) is 5.69 Å². The van der Waals surface area contributed by atoms with Crippen molar-refractivity contribution in [3.8, 4) is 16.8 Å². The maximum atomic E-state index is 5.00. The van der Waals surface area contributed by atoms with Crippen molar-refractivity contribution in [2.75, 3.05) is 0 Å². The first-order valence-electron chi connectivity index (χ1n) is 16.2. The second-order valence-corrected chi connectivity index (χ2v) is 13.3. The Hall–Kier alpha value is -6.10. The van der Waals surface area contributed by atoms with E-state index in [2.05, 4.69) is 167 Å². The monoisotopic (exact) mass is 630 g/mol. The van der Waals surface area contributed by atoms with Gasteiger partial charge < -0.3 is 4.57 Å². The van der Waals surface area contributed by atoms with Crippen LogP contribution in [0.3, 0.4) is 0 Å². The molecular formula is C44H28N3S+. The lowest BCUT2D eigenvalue weighted by Gasteiger charge is -2.19. The van der Waals surface area contributed by atoms with Gasteiger partial charge in [-0.3, -0.25) is 0 Å². The quantitative estimate of drug-likeness (QED) is 0.169. The molecule has 0 atom stereocenters. The zero-order valence-electron chi connectivity index (χ0n) is 25.9. The molecule has 0 spiro atoms. The Morgan fingerprint density at radius 1 is 0.479 bits per heavy atom. The van der Waals surface area contributed by atoms with Gasteiger partial charge in [0.05, 0.1) is 22.2 Å². The molecule has 0 aliphatic carbocycles. The molecule has 3 heterocycles. The molecule has 3 nitrogen and oxygen atoms in total. The van der Waals surface area contributed by atoms with E-state index in [-0.39, 0.29) is 0 Å². The molecule has 0 fully saturated rings. The number of aromatic nitrogens is 1. The van der Waals surface area contributed by atoms with Crippen LogP contribution in [0.2, 0.25) is 0 Å². The number of rotatable bonds is 5. The van der Waals surface area contributed by atoms with E-state index in [1.54, 1.807) is 0 Å². The van der Waals surface area contributed by atoms with Gasteiger partial charge in [-0.15, -0.1) is 11.3 Å². The van der Waals surface area contributed by atoms with Crippen LogP contribution >= 0.6 is 11.3 Å². The van der Waals surface area contributed by atoms with E-state index in [4.69, 9.17) is 4.99 Å². The largest absolute Gasteiger partial charge is 0.309 e. The predicted molar refractivity (Wildman–Crippen MR) is 203 cm³/mol. The van der Waals surface area contributed by atoms with E-state index in [1.807, 2.05) is 23.5 Å². The van der Waals surface area contributed by atoms with Crippen LogP contribution < -0.4 is 0 Å². The van der Waals surface area contributed by atoms with Crippen LogP contribution in [0.5, 0.6) is 0 Å². The highest BCUT2D eigenvalue weighted by Gasteiger charge is 2.33. The molecule has 2 aromatic heterocycles. The number of amidine groups is 2. The second kappa shape index (κ2) is 10.7. The van der Waals surface area contributed by atoms with Gasteiger partial charge in [-0.1, -0.05) is 108 Å². The maximum Gasteiger partial charge on any atom is 0.279 e. The number of aliphatic imine (C=N–C) groups is 1. The van der Waals surface area contributed by atoms with E-state index >= 15 is 0 Å². The van der Waals surface area contributed by atoms with Gasteiger partial charge in [0.2, 0.25) is 0 Å². The van der Waals surface area contributed by atoms with Crippen molar-refractivity contribution in [3.05, 3.63) is 181 Å². The number of hydrogen-bond donors (Lipinski definition) is 0. The first kappa shape index (κ1) is 27.1. The van der Waals surface area contributed by atoms with Gasteiger partial charge in [-0.05, 0) is 77.9 Å². The molecule has 10 rings (SSSR count). The first-order valence-corrected chi connectivity index (χ1v) is 17.0. The number of hydrogen-bond acceptors (Lipinski definition) is 2. The Morgan fingerprint density at radius 3 is 1.96 bits per heavy atom. The molecule has 1 aliphatic rings. The lowest BCUT2D eigenvalue weighted by atomic mass is 10.0. The summed E-state index contributed by atoms with van der Waals surface area (Å²) in [5.74, 6) is 1.92. The summed E-state index contributed by atoms with van der Waals surface area (Å²) in [6.45, 7) is 0. The Balaban J connectivity index is 1.13. The third-order valence-corrected chi connectivity index (χ3v) is 10.7. The highest BCUT2D eigenvalue weighted by atomic mass is 32.1. The molecule has 0 bridgehead atoms. The molecule has 4 heteroatoms. The summed E-state index contributed by atoms with van der Waals surface area (Å²) in [4.78, 5) is 5.00. The van der Waals surface area contributed by atoms with E-state index < -0.39 is 0 Å². The van der Waals surface area contributed by atoms with Crippen molar-refractivity contribution >= 4 is 70.7 Å². The van der Waals surface area contributed by atoms with E-state index in [0.29, 0.717) is 0 Å². The van der Waals surface area contributed by atoms with Gasteiger partial charge in [0.25, 0.3) is 11.7 Å². The summed E-state index contributed by atoms with van der Waals surface area (Å²) in [5.41, 5.74) is 9.32. The molecule has 0 saturated heterocycles. The van der Waals surface area contributed by atoms with Crippen LogP contribution in [0, 0.1) is 0 Å². The van der Waals surface area contributed by atoms with Crippen LogP contribution in [0.25, 0.3) is 58.8 Å². The topological polar surface area (TPSA) is 20.3 Å². The third kappa shape index (κ3) is 4.13. The molecule has 9 aromatic rings. The van der Waals surface area contributed by atoms with E-state index in [0.717, 1.165) is 34.2 Å². The Bertz CT molecular complexity index is 2750. The fourth-order valence-corrected chi connectivity index (χ4v) is 8.44. The smallest absolute Gasteiger partial charge is 0.279 e.